The van der Waals surface area contributed by atoms with Crippen molar-refractivity contribution in [1.82, 2.24) is 19.9 Å². The van der Waals surface area contributed by atoms with Gasteiger partial charge in [-0.15, -0.1) is 13.2 Å². The summed E-state index contributed by atoms with van der Waals surface area (Å²) in [6, 6.07) is 10.0. The van der Waals surface area contributed by atoms with Crippen LogP contribution in [-0.4, -0.2) is 52.2 Å². The number of methoxy groups -OCH3 is 1. The zero-order valence-corrected chi connectivity index (χ0v) is 37.4. The average molecular weight is 825 g/mol. The minimum atomic E-state index is -4.76. The summed E-state index contributed by atoms with van der Waals surface area (Å²) in [5, 5.41) is 0. The van der Waals surface area contributed by atoms with Gasteiger partial charge in [-0.2, -0.15) is 0 Å². The van der Waals surface area contributed by atoms with E-state index in [4.69, 9.17) is 38.9 Å². The molecule has 0 spiro atoms. The van der Waals surface area contributed by atoms with E-state index < -0.39 is 6.36 Å². The molecule has 0 bridgehead atoms. The van der Waals surface area contributed by atoms with E-state index in [1.54, 1.807) is 6.07 Å². The fourth-order valence-electron chi connectivity index (χ4n) is 6.62. The Morgan fingerprint density at radius 3 is 1.64 bits per heavy atom. The van der Waals surface area contributed by atoms with Crippen LogP contribution in [0.3, 0.4) is 0 Å². The third kappa shape index (κ3) is 14.0. The number of ether oxygens (including phenoxy) is 5. The van der Waals surface area contributed by atoms with Crippen molar-refractivity contribution < 1.29 is 36.9 Å². The van der Waals surface area contributed by atoms with Gasteiger partial charge in [-0.25, -0.2) is 15.0 Å². The Hall–Kier alpha value is -4.61. The highest BCUT2D eigenvalue weighted by atomic mass is 19.4. The lowest BCUT2D eigenvalue weighted by atomic mass is 9.95. The van der Waals surface area contributed by atoms with Crippen LogP contribution in [0.5, 0.6) is 28.9 Å². The largest absolute Gasteiger partial charge is 0.573 e. The van der Waals surface area contributed by atoms with Gasteiger partial charge in [-0.05, 0) is 95.4 Å². The number of halogens is 3. The predicted octanol–water partition coefficient (Wildman–Crippen LogP) is 12.6. The smallest absolute Gasteiger partial charge is 0.496 e. The van der Waals surface area contributed by atoms with E-state index in [2.05, 4.69) is 53.2 Å². The van der Waals surface area contributed by atoms with Crippen LogP contribution in [0.15, 0.2) is 36.4 Å². The van der Waals surface area contributed by atoms with Gasteiger partial charge in [-0.3, -0.25) is 4.98 Å². The van der Waals surface area contributed by atoms with Crippen molar-refractivity contribution in [3.8, 4) is 51.4 Å². The van der Waals surface area contributed by atoms with Crippen molar-refractivity contribution in [1.29, 1.82) is 0 Å². The predicted molar refractivity (Wildman–Crippen MR) is 230 cm³/mol. The average Bonchev–Trinajstić information content (AvgIpc) is 3.22. The molecule has 0 N–H and O–H groups in total. The van der Waals surface area contributed by atoms with Crippen LogP contribution in [-0.2, 0) is 32.1 Å². The lowest BCUT2D eigenvalue weighted by Crippen LogP contribution is -2.17. The van der Waals surface area contributed by atoms with E-state index in [0.29, 0.717) is 36.1 Å². The molecule has 59 heavy (non-hydrogen) atoms. The lowest BCUT2D eigenvalue weighted by molar-refractivity contribution is -0.274. The summed E-state index contributed by atoms with van der Waals surface area (Å²) in [7, 11) is 1.41. The van der Waals surface area contributed by atoms with Gasteiger partial charge in [0.25, 0.3) is 0 Å². The number of alkyl halides is 3. The third-order valence-corrected chi connectivity index (χ3v) is 10.00. The normalized spacial score (nSPS) is 11.5. The number of aromatic nitrogens is 4. The quantitative estimate of drug-likeness (QED) is 0.0813. The van der Waals surface area contributed by atoms with Gasteiger partial charge in [0.15, 0.2) is 0 Å². The van der Waals surface area contributed by atoms with Crippen molar-refractivity contribution in [3.05, 3.63) is 64.9 Å². The molecule has 0 amide bonds. The minimum Gasteiger partial charge on any atom is -0.496 e. The van der Waals surface area contributed by atoms with Crippen LogP contribution >= 0.6 is 0 Å². The fraction of sp³-hybridized carbons (Fsp3) is 0.574. The molecule has 0 aliphatic heterocycles. The SMILES string of the molecule is CCCOc1ccc(-c2nc(CC)c(OC(CC)CC)nc2CC)c(OC(C)C)c1.CCc1nc(-c2ccc(OC(F)(F)F)cc2OC)c(CC)nc1CC(CC)CC. The highest BCUT2D eigenvalue weighted by molar-refractivity contribution is 5.72. The van der Waals surface area contributed by atoms with Gasteiger partial charge in [-0.1, -0.05) is 75.2 Å². The van der Waals surface area contributed by atoms with Gasteiger partial charge in [0.05, 0.1) is 60.1 Å². The molecule has 4 rings (SSSR count). The topological polar surface area (TPSA) is 97.7 Å². The molecule has 0 saturated carbocycles. The summed E-state index contributed by atoms with van der Waals surface area (Å²) in [4.78, 5) is 19.7. The van der Waals surface area contributed by atoms with Gasteiger partial charge < -0.3 is 23.7 Å². The second-order valence-corrected chi connectivity index (χ2v) is 14.6. The molecule has 12 heteroatoms. The van der Waals surface area contributed by atoms with Crippen LogP contribution in [0.4, 0.5) is 13.2 Å². The number of benzene rings is 2. The fourth-order valence-corrected chi connectivity index (χ4v) is 6.62. The highest BCUT2D eigenvalue weighted by Crippen LogP contribution is 2.38. The van der Waals surface area contributed by atoms with Gasteiger partial charge in [0, 0.05) is 23.3 Å². The Bertz CT molecular complexity index is 1890. The number of hydrogen-bond acceptors (Lipinski definition) is 9. The maximum absolute atomic E-state index is 12.5. The minimum absolute atomic E-state index is 0.0475. The van der Waals surface area contributed by atoms with Crippen LogP contribution in [0.25, 0.3) is 22.5 Å². The van der Waals surface area contributed by atoms with E-state index in [9.17, 15) is 13.2 Å². The summed E-state index contributed by atoms with van der Waals surface area (Å²) in [6.45, 7) is 23.7. The first-order chi connectivity index (χ1) is 28.2. The molecule has 0 aliphatic rings. The van der Waals surface area contributed by atoms with Crippen LogP contribution in [0.2, 0.25) is 0 Å². The molecule has 2 heterocycles. The third-order valence-electron chi connectivity index (χ3n) is 10.00. The van der Waals surface area contributed by atoms with Crippen LogP contribution in [0.1, 0.15) is 137 Å². The first kappa shape index (κ1) is 48.8. The molecule has 0 unspecified atom stereocenters. The Balaban J connectivity index is 0.000000316. The maximum atomic E-state index is 12.5. The second-order valence-electron chi connectivity index (χ2n) is 14.6. The summed E-state index contributed by atoms with van der Waals surface area (Å²) >= 11 is 0. The maximum Gasteiger partial charge on any atom is 0.573 e. The summed E-state index contributed by atoms with van der Waals surface area (Å²) < 4.78 is 65.1. The number of aryl methyl sites for hydroxylation is 4. The number of hydrogen-bond donors (Lipinski definition) is 0. The zero-order valence-electron chi connectivity index (χ0n) is 37.4. The highest BCUT2D eigenvalue weighted by Gasteiger charge is 2.32. The lowest BCUT2D eigenvalue weighted by Gasteiger charge is -2.20. The Kier molecular flexibility index (Phi) is 19.7. The van der Waals surface area contributed by atoms with Crippen LogP contribution < -0.4 is 23.7 Å². The number of rotatable bonds is 21. The first-order valence-corrected chi connectivity index (χ1v) is 21.6. The van der Waals surface area contributed by atoms with Crippen molar-refractivity contribution in [3.63, 3.8) is 0 Å². The van der Waals surface area contributed by atoms with E-state index >= 15 is 0 Å². The molecule has 9 nitrogen and oxygen atoms in total. The van der Waals surface area contributed by atoms with E-state index in [1.165, 1.54) is 19.2 Å². The molecular formula is C47H67F3N4O5. The molecule has 4 aromatic rings. The van der Waals surface area contributed by atoms with Crippen molar-refractivity contribution in [2.24, 2.45) is 5.92 Å². The van der Waals surface area contributed by atoms with Crippen molar-refractivity contribution in [2.75, 3.05) is 13.7 Å². The Labute approximate surface area is 350 Å². The van der Waals surface area contributed by atoms with Crippen LogP contribution in [0, 0.1) is 5.92 Å². The molecule has 0 radical (unpaired) electrons. The molecule has 0 atom stereocenters. The van der Waals surface area contributed by atoms with Gasteiger partial charge >= 0.3 is 6.36 Å². The van der Waals surface area contributed by atoms with E-state index in [1.807, 2.05) is 45.9 Å². The zero-order chi connectivity index (χ0) is 43.7. The van der Waals surface area contributed by atoms with Gasteiger partial charge in [0.1, 0.15) is 28.7 Å². The van der Waals surface area contributed by atoms with Crippen molar-refractivity contribution >= 4 is 0 Å². The molecule has 326 valence electrons. The molecular weight excluding hydrogens is 758 g/mol. The number of nitrogens with zero attached hydrogens (tertiary/aromatic N) is 4. The first-order valence-electron chi connectivity index (χ1n) is 21.6. The Morgan fingerprint density at radius 2 is 1.14 bits per heavy atom. The van der Waals surface area contributed by atoms with Crippen molar-refractivity contribution in [2.45, 2.75) is 159 Å². The molecule has 2 aromatic carbocycles. The second kappa shape index (κ2) is 23.8. The van der Waals surface area contributed by atoms with E-state index in [0.717, 1.165) is 109 Å². The monoisotopic (exact) mass is 825 g/mol. The summed E-state index contributed by atoms with van der Waals surface area (Å²) in [6.07, 6.45) is 4.29. The Morgan fingerprint density at radius 1 is 0.593 bits per heavy atom. The molecule has 0 aliphatic carbocycles. The standard InChI is InChI=1S/C25H38N2O3.C22H29F3N2O2/c1-8-15-28-19-13-14-20(23(16-19)29-17(6)7)24-21(11-4)27-25(22(12-5)26-24)30-18(9-2)10-3;1-6-14(7-2)12-19-17(8-3)27-21(18(9-4)26-19)16-11-10-15(13-20(16)28-5)29-22(23,24)25/h13-14,16-18H,8-12,15H2,1-7H3;10-11,13-14H,6-9,12H2,1-5H3. The molecule has 0 fully saturated rings. The van der Waals surface area contributed by atoms with E-state index in [-0.39, 0.29) is 23.7 Å². The van der Waals surface area contributed by atoms with Gasteiger partial charge in [0.2, 0.25) is 5.88 Å². The summed E-state index contributed by atoms with van der Waals surface area (Å²) in [5.74, 6) is 2.75. The molecule has 0 saturated heterocycles. The molecule has 2 aromatic heterocycles. The summed E-state index contributed by atoms with van der Waals surface area (Å²) in [5.41, 5.74) is 7.61.